The van der Waals surface area contributed by atoms with E-state index >= 15 is 0 Å². The highest BCUT2D eigenvalue weighted by atomic mass is 16.2. The molecule has 1 aliphatic heterocycles. The molecule has 1 fully saturated rings. The zero-order valence-corrected chi connectivity index (χ0v) is 8.17. The van der Waals surface area contributed by atoms with E-state index in [9.17, 15) is 9.59 Å². The Morgan fingerprint density at radius 1 is 1.69 bits per heavy atom. The van der Waals surface area contributed by atoms with E-state index in [-0.39, 0.29) is 17.9 Å². The van der Waals surface area contributed by atoms with E-state index in [1.54, 1.807) is 4.90 Å². The summed E-state index contributed by atoms with van der Waals surface area (Å²) in [5.74, 6) is -0.0613. The van der Waals surface area contributed by atoms with E-state index in [2.05, 4.69) is 5.32 Å². The lowest BCUT2D eigenvalue weighted by Gasteiger charge is -2.15. The lowest BCUT2D eigenvalue weighted by Crippen LogP contribution is -2.40. The zero-order chi connectivity index (χ0) is 9.84. The smallest absolute Gasteiger partial charge is 0.245 e. The predicted molar refractivity (Wildman–Crippen MR) is 49.1 cm³/mol. The molecule has 0 spiro atoms. The number of hydrogen-bond acceptors (Lipinski definition) is 2. The Morgan fingerprint density at radius 3 is 2.92 bits per heavy atom. The van der Waals surface area contributed by atoms with Gasteiger partial charge in [-0.3, -0.25) is 9.59 Å². The minimum atomic E-state index is -0.274. The fourth-order valence-corrected chi connectivity index (χ4v) is 1.61. The number of nitrogens with one attached hydrogen (secondary N) is 1. The van der Waals surface area contributed by atoms with Gasteiger partial charge in [0.05, 0.1) is 0 Å². The lowest BCUT2D eigenvalue weighted by atomic mass is 10.2. The predicted octanol–water partition coefficient (Wildman–Crippen LogP) is 0.133. The molecule has 1 rings (SSSR count). The molecule has 4 heteroatoms. The largest absolute Gasteiger partial charge is 0.344 e. The van der Waals surface area contributed by atoms with Gasteiger partial charge >= 0.3 is 0 Å². The third-order valence-corrected chi connectivity index (χ3v) is 2.17. The molecular formula is C9H16N2O2. The standard InChI is InChI=1S/C9H16N2O2/c1-3-5-11-6-4-8(9(11)13)10-7(2)12/h8H,3-6H2,1-2H3,(H,10,12)/t8-/m0/s1. The molecule has 0 radical (unpaired) electrons. The molecular weight excluding hydrogens is 168 g/mol. The highest BCUT2D eigenvalue weighted by Crippen LogP contribution is 2.10. The molecule has 74 valence electrons. The summed E-state index contributed by atoms with van der Waals surface area (Å²) in [6.07, 6.45) is 1.72. The topological polar surface area (TPSA) is 49.4 Å². The quantitative estimate of drug-likeness (QED) is 0.678. The van der Waals surface area contributed by atoms with Crippen LogP contribution in [0.4, 0.5) is 0 Å². The molecule has 1 saturated heterocycles. The number of hydrogen-bond donors (Lipinski definition) is 1. The van der Waals surface area contributed by atoms with Gasteiger partial charge in [0.2, 0.25) is 11.8 Å². The first kappa shape index (κ1) is 10.0. The second-order valence-electron chi connectivity index (χ2n) is 3.37. The molecule has 0 bridgehead atoms. The van der Waals surface area contributed by atoms with Crippen molar-refractivity contribution in [2.24, 2.45) is 0 Å². The van der Waals surface area contributed by atoms with Crippen molar-refractivity contribution in [3.63, 3.8) is 0 Å². The van der Waals surface area contributed by atoms with E-state index < -0.39 is 0 Å². The summed E-state index contributed by atoms with van der Waals surface area (Å²) in [6.45, 7) is 5.06. The van der Waals surface area contributed by atoms with Crippen molar-refractivity contribution in [2.45, 2.75) is 32.7 Å². The van der Waals surface area contributed by atoms with E-state index in [0.717, 1.165) is 25.9 Å². The van der Waals surface area contributed by atoms with Gasteiger partial charge in [0.15, 0.2) is 0 Å². The van der Waals surface area contributed by atoms with Crippen molar-refractivity contribution in [3.05, 3.63) is 0 Å². The zero-order valence-electron chi connectivity index (χ0n) is 8.17. The fraction of sp³-hybridized carbons (Fsp3) is 0.778. The van der Waals surface area contributed by atoms with E-state index in [1.165, 1.54) is 6.92 Å². The van der Waals surface area contributed by atoms with Gasteiger partial charge in [-0.2, -0.15) is 0 Å². The van der Waals surface area contributed by atoms with Gasteiger partial charge in [0, 0.05) is 20.0 Å². The van der Waals surface area contributed by atoms with Gasteiger partial charge in [-0.25, -0.2) is 0 Å². The van der Waals surface area contributed by atoms with Gasteiger partial charge in [0.25, 0.3) is 0 Å². The average molecular weight is 184 g/mol. The molecule has 0 unspecified atom stereocenters. The molecule has 1 atom stereocenters. The van der Waals surface area contributed by atoms with Gasteiger partial charge in [-0.05, 0) is 12.8 Å². The molecule has 2 amide bonds. The summed E-state index contributed by atoms with van der Waals surface area (Å²) in [6, 6.07) is -0.274. The third kappa shape index (κ3) is 2.44. The van der Waals surface area contributed by atoms with Crippen LogP contribution in [-0.4, -0.2) is 35.8 Å². The maximum atomic E-state index is 11.5. The monoisotopic (exact) mass is 184 g/mol. The van der Waals surface area contributed by atoms with Crippen LogP contribution < -0.4 is 5.32 Å². The van der Waals surface area contributed by atoms with Crippen LogP contribution in [0, 0.1) is 0 Å². The van der Waals surface area contributed by atoms with E-state index in [1.807, 2.05) is 6.92 Å². The Balaban J connectivity index is 2.45. The molecule has 4 nitrogen and oxygen atoms in total. The number of rotatable bonds is 3. The summed E-state index contributed by atoms with van der Waals surface area (Å²) in [5, 5.41) is 2.65. The van der Waals surface area contributed by atoms with Crippen molar-refractivity contribution in [1.82, 2.24) is 10.2 Å². The Morgan fingerprint density at radius 2 is 2.38 bits per heavy atom. The molecule has 1 N–H and O–H groups in total. The van der Waals surface area contributed by atoms with Crippen molar-refractivity contribution in [1.29, 1.82) is 0 Å². The first-order chi connectivity index (χ1) is 6.15. The molecule has 0 aliphatic carbocycles. The van der Waals surface area contributed by atoms with Crippen LogP contribution in [0.25, 0.3) is 0 Å². The second-order valence-corrected chi connectivity index (χ2v) is 3.37. The highest BCUT2D eigenvalue weighted by Gasteiger charge is 2.31. The van der Waals surface area contributed by atoms with Gasteiger partial charge in [-0.15, -0.1) is 0 Å². The molecule has 1 aliphatic rings. The Kier molecular flexibility index (Phi) is 3.28. The van der Waals surface area contributed by atoms with Crippen molar-refractivity contribution in [3.8, 4) is 0 Å². The van der Waals surface area contributed by atoms with Crippen molar-refractivity contribution in [2.75, 3.05) is 13.1 Å². The third-order valence-electron chi connectivity index (χ3n) is 2.17. The highest BCUT2D eigenvalue weighted by molar-refractivity contribution is 5.88. The van der Waals surface area contributed by atoms with E-state index in [0.29, 0.717) is 0 Å². The maximum Gasteiger partial charge on any atom is 0.245 e. The summed E-state index contributed by atoms with van der Waals surface area (Å²) in [7, 11) is 0. The first-order valence-corrected chi connectivity index (χ1v) is 4.71. The molecule has 0 saturated carbocycles. The summed E-state index contributed by atoms with van der Waals surface area (Å²) < 4.78 is 0. The van der Waals surface area contributed by atoms with E-state index in [4.69, 9.17) is 0 Å². The van der Waals surface area contributed by atoms with Crippen LogP contribution in [0.1, 0.15) is 26.7 Å². The van der Waals surface area contributed by atoms with Crippen LogP contribution in [0.2, 0.25) is 0 Å². The van der Waals surface area contributed by atoms with Crippen molar-refractivity contribution < 1.29 is 9.59 Å². The SMILES string of the molecule is CCCN1CC[C@H](NC(C)=O)C1=O. The van der Waals surface area contributed by atoms with Crippen LogP contribution in [0.5, 0.6) is 0 Å². The normalized spacial score (nSPS) is 22.2. The second kappa shape index (κ2) is 4.25. The first-order valence-electron chi connectivity index (χ1n) is 4.71. The Labute approximate surface area is 78.3 Å². The minimum absolute atomic E-state index is 0.0667. The molecule has 13 heavy (non-hydrogen) atoms. The number of amides is 2. The van der Waals surface area contributed by atoms with Crippen LogP contribution in [-0.2, 0) is 9.59 Å². The number of carbonyl (C=O) groups excluding carboxylic acids is 2. The molecule has 0 aromatic carbocycles. The molecule has 0 aromatic rings. The molecule has 0 aromatic heterocycles. The van der Waals surface area contributed by atoms with Crippen molar-refractivity contribution >= 4 is 11.8 Å². The lowest BCUT2D eigenvalue weighted by molar-refractivity contribution is -0.132. The minimum Gasteiger partial charge on any atom is -0.344 e. The molecule has 1 heterocycles. The summed E-state index contributed by atoms with van der Waals surface area (Å²) in [4.78, 5) is 24.1. The van der Waals surface area contributed by atoms with Crippen LogP contribution in [0.15, 0.2) is 0 Å². The maximum absolute atomic E-state index is 11.5. The number of nitrogens with zero attached hydrogens (tertiary/aromatic N) is 1. The summed E-state index contributed by atoms with van der Waals surface area (Å²) >= 11 is 0. The van der Waals surface area contributed by atoms with Crippen LogP contribution in [0.3, 0.4) is 0 Å². The number of carbonyl (C=O) groups is 2. The Bertz CT molecular complexity index is 216. The summed E-state index contributed by atoms with van der Waals surface area (Å²) in [5.41, 5.74) is 0. The van der Waals surface area contributed by atoms with Crippen LogP contribution >= 0.6 is 0 Å². The average Bonchev–Trinajstić information content (AvgIpc) is 2.36. The Hall–Kier alpha value is -1.06. The van der Waals surface area contributed by atoms with Gasteiger partial charge in [-0.1, -0.05) is 6.92 Å². The number of likely N-dealkylation sites (tertiary alicyclic amines) is 1. The van der Waals surface area contributed by atoms with Gasteiger partial charge < -0.3 is 10.2 Å². The fourth-order valence-electron chi connectivity index (χ4n) is 1.61. The van der Waals surface area contributed by atoms with Gasteiger partial charge in [0.1, 0.15) is 6.04 Å².